The summed E-state index contributed by atoms with van der Waals surface area (Å²) in [6.45, 7) is 0.888. The zero-order valence-electron chi connectivity index (χ0n) is 18.1. The van der Waals surface area contributed by atoms with Gasteiger partial charge in [0.25, 0.3) is 0 Å². The third kappa shape index (κ3) is 4.95. The molecule has 0 aromatic heterocycles. The van der Waals surface area contributed by atoms with Crippen LogP contribution in [0.5, 0.6) is 0 Å². The van der Waals surface area contributed by atoms with E-state index in [1.54, 1.807) is 0 Å². The fourth-order valence-electron chi connectivity index (χ4n) is 3.03. The van der Waals surface area contributed by atoms with Crippen molar-refractivity contribution in [2.24, 2.45) is 0 Å². The van der Waals surface area contributed by atoms with Crippen LogP contribution < -0.4 is 0 Å². The number of hydrogen-bond acceptors (Lipinski definition) is 2. The Kier molecular flexibility index (Phi) is 10.3. The lowest BCUT2D eigenvalue weighted by Gasteiger charge is -2.45. The van der Waals surface area contributed by atoms with Gasteiger partial charge in [0.05, 0.1) is 0 Å². The highest BCUT2D eigenvalue weighted by Crippen LogP contribution is 2.60. The van der Waals surface area contributed by atoms with Gasteiger partial charge in [-0.1, -0.05) is 27.7 Å². The van der Waals surface area contributed by atoms with E-state index in [0.717, 1.165) is 0 Å². The van der Waals surface area contributed by atoms with Crippen molar-refractivity contribution in [1.29, 1.82) is 0 Å². The second-order valence-corrected chi connectivity index (χ2v) is 7.35. The van der Waals surface area contributed by atoms with Gasteiger partial charge in [0.15, 0.2) is 0 Å². The van der Waals surface area contributed by atoms with Gasteiger partial charge in [-0.05, 0) is 25.7 Å². The minimum absolute atomic E-state index is 0.301. The lowest BCUT2D eigenvalue weighted by Crippen LogP contribution is -2.74. The fourth-order valence-corrected chi connectivity index (χ4v) is 3.03. The third-order valence-electron chi connectivity index (χ3n) is 4.71. The normalized spacial score (nSPS) is 15.2. The molecule has 0 unspecified atom stereocenters. The first-order valence-corrected chi connectivity index (χ1v) is 10.1. The Morgan fingerprint density at radius 3 is 0.719 bits per heavy atom. The highest BCUT2D eigenvalue weighted by Gasteiger charge is 2.91. The Morgan fingerprint density at radius 1 is 0.375 bits per heavy atom. The van der Waals surface area contributed by atoms with Crippen molar-refractivity contribution in [2.75, 3.05) is 26.2 Å². The Labute approximate surface area is 178 Å². The Morgan fingerprint density at radius 2 is 0.562 bits per heavy atom. The maximum Gasteiger partial charge on any atom is 0.392 e. The van der Waals surface area contributed by atoms with E-state index in [1.165, 1.54) is 27.7 Å². The minimum Gasteiger partial charge on any atom is -0.239 e. The molecule has 0 atom stereocenters. The lowest BCUT2D eigenvalue weighted by molar-refractivity contribution is -0.450. The number of alkyl halides is 12. The summed E-state index contributed by atoms with van der Waals surface area (Å²) in [4.78, 5) is -1.12. The number of halogens is 12. The van der Waals surface area contributed by atoms with E-state index in [2.05, 4.69) is 0 Å². The van der Waals surface area contributed by atoms with E-state index < -0.39 is 71.8 Å². The molecular weight excluding hydrogens is 472 g/mol. The van der Waals surface area contributed by atoms with Crippen LogP contribution in [0.4, 0.5) is 52.7 Å². The quantitative estimate of drug-likeness (QED) is 0.177. The Bertz CT molecular complexity index is 518. The predicted octanol–water partition coefficient (Wildman–Crippen LogP) is 6.96. The molecule has 194 valence electrons. The summed E-state index contributed by atoms with van der Waals surface area (Å²) in [5.74, 6) is -29.3. The van der Waals surface area contributed by atoms with Crippen LogP contribution >= 0.6 is 0 Å². The smallest absolute Gasteiger partial charge is 0.239 e. The minimum atomic E-state index is -7.54. The molecule has 14 heteroatoms. The monoisotopic (exact) mass is 500 g/mol. The zero-order valence-corrected chi connectivity index (χ0v) is 18.1. The summed E-state index contributed by atoms with van der Waals surface area (Å²) < 4.78 is 170. The second kappa shape index (κ2) is 10.6. The first-order valence-electron chi connectivity index (χ1n) is 10.1. The second-order valence-electron chi connectivity index (χ2n) is 7.35. The molecule has 0 aromatic rings. The maximum absolute atomic E-state index is 14.3. The molecular formula is C18H28F12N2. The Balaban J connectivity index is 6.55. The molecule has 0 spiro atoms. The molecule has 0 aliphatic heterocycles. The SMILES string of the molecule is CCCN(CCC)C(F)(F)C(F)(F)C(F)(F)C(F)(F)C(F)(F)C(F)(F)N(CCC)CCC. The molecule has 0 fully saturated rings. The van der Waals surface area contributed by atoms with Crippen molar-refractivity contribution >= 4 is 0 Å². The molecule has 0 saturated carbocycles. The number of hydrogen-bond donors (Lipinski definition) is 0. The highest BCUT2D eigenvalue weighted by atomic mass is 19.4. The molecule has 32 heavy (non-hydrogen) atoms. The van der Waals surface area contributed by atoms with Gasteiger partial charge in [0.1, 0.15) is 0 Å². The Hall–Kier alpha value is -0.920. The van der Waals surface area contributed by atoms with E-state index in [4.69, 9.17) is 0 Å². The summed E-state index contributed by atoms with van der Waals surface area (Å²) in [5.41, 5.74) is 0. The first-order chi connectivity index (χ1) is 14.3. The molecule has 0 bridgehead atoms. The highest BCUT2D eigenvalue weighted by molar-refractivity contribution is 5.11. The predicted molar refractivity (Wildman–Crippen MR) is 94.0 cm³/mol. The van der Waals surface area contributed by atoms with Crippen LogP contribution in [0.1, 0.15) is 53.4 Å². The summed E-state index contributed by atoms with van der Waals surface area (Å²) in [6, 6.07) is -12.1. The average molecular weight is 500 g/mol. The van der Waals surface area contributed by atoms with Gasteiger partial charge in [0, 0.05) is 26.2 Å². The van der Waals surface area contributed by atoms with Gasteiger partial charge >= 0.3 is 35.8 Å². The van der Waals surface area contributed by atoms with Crippen molar-refractivity contribution in [1.82, 2.24) is 9.80 Å². The van der Waals surface area contributed by atoms with Gasteiger partial charge in [-0.3, -0.25) is 0 Å². The van der Waals surface area contributed by atoms with Crippen LogP contribution in [0.15, 0.2) is 0 Å². The molecule has 0 rings (SSSR count). The van der Waals surface area contributed by atoms with Crippen LogP contribution in [0.25, 0.3) is 0 Å². The molecule has 0 aliphatic rings. The van der Waals surface area contributed by atoms with E-state index in [1.807, 2.05) is 0 Å². The molecule has 0 N–H and O–H groups in total. The molecule has 0 heterocycles. The zero-order chi connectivity index (χ0) is 25.8. The standard InChI is InChI=1S/C18H28F12N2/c1-5-9-31(10-6-2)17(27,28)15(23,24)13(19,20)14(21,22)16(25,26)18(29,30)32(11-7-3)12-8-4/h5-12H2,1-4H3. The topological polar surface area (TPSA) is 6.48 Å². The molecule has 0 aromatic carbocycles. The van der Waals surface area contributed by atoms with E-state index in [9.17, 15) is 52.7 Å². The van der Waals surface area contributed by atoms with Crippen LogP contribution in [0, 0.1) is 0 Å². The van der Waals surface area contributed by atoms with E-state index >= 15 is 0 Å². The molecule has 2 nitrogen and oxygen atoms in total. The molecule has 0 aliphatic carbocycles. The van der Waals surface area contributed by atoms with Crippen molar-refractivity contribution in [3.63, 3.8) is 0 Å². The fraction of sp³-hybridized carbons (Fsp3) is 1.00. The van der Waals surface area contributed by atoms with Gasteiger partial charge in [-0.15, -0.1) is 0 Å². The molecule has 0 amide bonds. The average Bonchev–Trinajstić information content (AvgIpc) is 2.66. The van der Waals surface area contributed by atoms with E-state index in [-0.39, 0.29) is 25.7 Å². The van der Waals surface area contributed by atoms with Gasteiger partial charge in [0.2, 0.25) is 0 Å². The van der Waals surface area contributed by atoms with Crippen molar-refractivity contribution < 1.29 is 52.7 Å². The summed E-state index contributed by atoms with van der Waals surface area (Å²) in [6.07, 6.45) is -1.20. The van der Waals surface area contributed by atoms with Crippen LogP contribution in [-0.4, -0.2) is 71.8 Å². The molecule has 0 radical (unpaired) electrons. The molecule has 0 saturated heterocycles. The van der Waals surface area contributed by atoms with Gasteiger partial charge in [-0.2, -0.15) is 52.7 Å². The largest absolute Gasteiger partial charge is 0.392 e. The summed E-state index contributed by atoms with van der Waals surface area (Å²) >= 11 is 0. The van der Waals surface area contributed by atoms with Crippen LogP contribution in [-0.2, 0) is 0 Å². The number of nitrogens with zero attached hydrogens (tertiary/aromatic N) is 2. The van der Waals surface area contributed by atoms with Crippen molar-refractivity contribution in [3.8, 4) is 0 Å². The van der Waals surface area contributed by atoms with Crippen molar-refractivity contribution in [2.45, 2.75) is 89.2 Å². The van der Waals surface area contributed by atoms with Gasteiger partial charge in [-0.25, -0.2) is 9.80 Å². The van der Waals surface area contributed by atoms with Crippen LogP contribution in [0.3, 0.4) is 0 Å². The first kappa shape index (κ1) is 31.1. The third-order valence-corrected chi connectivity index (χ3v) is 4.71. The van der Waals surface area contributed by atoms with Gasteiger partial charge < -0.3 is 0 Å². The number of rotatable bonds is 15. The summed E-state index contributed by atoms with van der Waals surface area (Å²) in [7, 11) is 0. The van der Waals surface area contributed by atoms with Crippen molar-refractivity contribution in [3.05, 3.63) is 0 Å². The maximum atomic E-state index is 14.3. The summed E-state index contributed by atoms with van der Waals surface area (Å²) in [5, 5.41) is 0. The lowest BCUT2D eigenvalue weighted by atomic mass is 9.94. The van der Waals surface area contributed by atoms with Crippen LogP contribution in [0.2, 0.25) is 0 Å². The van der Waals surface area contributed by atoms with E-state index in [0.29, 0.717) is 0 Å².